The molecule has 7 heteroatoms. The van der Waals surface area contributed by atoms with E-state index in [0.29, 0.717) is 0 Å². The van der Waals surface area contributed by atoms with E-state index >= 15 is 0 Å². The Morgan fingerprint density at radius 1 is 1.22 bits per heavy atom. The number of amides is 2. The highest BCUT2D eigenvalue weighted by molar-refractivity contribution is 5.91. The summed E-state index contributed by atoms with van der Waals surface area (Å²) in [5.41, 5.74) is 0. The van der Waals surface area contributed by atoms with E-state index in [2.05, 4.69) is 10.1 Å². The molecule has 7 nitrogen and oxygen atoms in total. The number of esters is 2. The third-order valence-corrected chi connectivity index (χ3v) is 1.81. The van der Waals surface area contributed by atoms with Crippen molar-refractivity contribution in [1.82, 2.24) is 10.2 Å². The molecule has 102 valence electrons. The van der Waals surface area contributed by atoms with Crippen LogP contribution in [0.3, 0.4) is 0 Å². The van der Waals surface area contributed by atoms with E-state index in [1.807, 2.05) is 0 Å². The minimum Gasteiger partial charge on any atom is -0.466 e. The first-order valence-corrected chi connectivity index (χ1v) is 5.27. The van der Waals surface area contributed by atoms with Crippen molar-refractivity contribution in [3.05, 3.63) is 12.2 Å². The molecule has 2 amide bonds. The van der Waals surface area contributed by atoms with Crippen LogP contribution in [0.5, 0.6) is 0 Å². The molecule has 0 aromatic carbocycles. The molecular weight excluding hydrogens is 240 g/mol. The van der Waals surface area contributed by atoms with E-state index in [1.54, 1.807) is 21.0 Å². The second-order valence-electron chi connectivity index (χ2n) is 3.73. The van der Waals surface area contributed by atoms with Crippen LogP contribution in [0.2, 0.25) is 0 Å². The quantitative estimate of drug-likeness (QED) is 0.550. The van der Waals surface area contributed by atoms with Crippen LogP contribution in [0, 0.1) is 0 Å². The lowest BCUT2D eigenvalue weighted by Crippen LogP contribution is -2.42. The van der Waals surface area contributed by atoms with Crippen molar-refractivity contribution >= 4 is 18.0 Å². The largest absolute Gasteiger partial charge is 0.466 e. The highest BCUT2D eigenvalue weighted by Crippen LogP contribution is 1.90. The van der Waals surface area contributed by atoms with Gasteiger partial charge in [0, 0.05) is 26.2 Å². The Morgan fingerprint density at radius 3 is 2.28 bits per heavy atom. The van der Waals surface area contributed by atoms with Crippen molar-refractivity contribution in [2.75, 3.05) is 27.8 Å². The van der Waals surface area contributed by atoms with Gasteiger partial charge in [0.15, 0.2) is 0 Å². The van der Waals surface area contributed by atoms with Crippen LogP contribution in [-0.4, -0.2) is 56.7 Å². The SMILES string of the molecule is COC(=O)/C=C/C(=O)OC[C@H](C)NC(=O)N(C)C. The third-order valence-electron chi connectivity index (χ3n) is 1.81. The maximum Gasteiger partial charge on any atom is 0.331 e. The number of ether oxygens (including phenoxy) is 2. The van der Waals surface area contributed by atoms with Gasteiger partial charge < -0.3 is 19.7 Å². The lowest BCUT2D eigenvalue weighted by Gasteiger charge is -2.17. The van der Waals surface area contributed by atoms with Gasteiger partial charge in [0.05, 0.1) is 13.2 Å². The topological polar surface area (TPSA) is 84.9 Å². The molecule has 0 aliphatic carbocycles. The number of nitrogens with zero attached hydrogens (tertiary/aromatic N) is 1. The van der Waals surface area contributed by atoms with E-state index in [0.717, 1.165) is 12.2 Å². The monoisotopic (exact) mass is 258 g/mol. The third kappa shape index (κ3) is 7.26. The molecule has 0 saturated heterocycles. The van der Waals surface area contributed by atoms with Crippen LogP contribution in [0.25, 0.3) is 0 Å². The molecule has 0 aliphatic rings. The number of nitrogens with one attached hydrogen (secondary N) is 1. The van der Waals surface area contributed by atoms with Crippen molar-refractivity contribution in [2.24, 2.45) is 0 Å². The van der Waals surface area contributed by atoms with Gasteiger partial charge in [0.1, 0.15) is 6.61 Å². The number of rotatable bonds is 5. The van der Waals surface area contributed by atoms with Crippen LogP contribution in [-0.2, 0) is 19.1 Å². The number of methoxy groups -OCH3 is 1. The molecule has 1 atom stereocenters. The molecule has 1 N–H and O–H groups in total. The number of urea groups is 1. The normalized spacial score (nSPS) is 11.8. The lowest BCUT2D eigenvalue weighted by atomic mass is 10.4. The predicted octanol–water partition coefficient (Wildman–Crippen LogP) is -0.0815. The summed E-state index contributed by atoms with van der Waals surface area (Å²) in [6.07, 6.45) is 1.93. The van der Waals surface area contributed by atoms with Crippen LogP contribution < -0.4 is 5.32 Å². The zero-order valence-corrected chi connectivity index (χ0v) is 10.9. The first kappa shape index (κ1) is 16.0. The van der Waals surface area contributed by atoms with Gasteiger partial charge in [-0.2, -0.15) is 0 Å². The van der Waals surface area contributed by atoms with Gasteiger partial charge in [-0.15, -0.1) is 0 Å². The van der Waals surface area contributed by atoms with Gasteiger partial charge in [0.25, 0.3) is 0 Å². The lowest BCUT2D eigenvalue weighted by molar-refractivity contribution is -0.139. The fraction of sp³-hybridized carbons (Fsp3) is 0.545. The van der Waals surface area contributed by atoms with E-state index in [1.165, 1.54) is 12.0 Å². The predicted molar refractivity (Wildman–Crippen MR) is 63.8 cm³/mol. The second kappa shape index (κ2) is 8.10. The fourth-order valence-electron chi connectivity index (χ4n) is 0.841. The summed E-state index contributed by atoms with van der Waals surface area (Å²) in [5, 5.41) is 2.60. The molecule has 0 heterocycles. The zero-order chi connectivity index (χ0) is 14.1. The fourth-order valence-corrected chi connectivity index (χ4v) is 0.841. The molecule has 0 saturated carbocycles. The molecule has 0 bridgehead atoms. The number of hydrogen-bond acceptors (Lipinski definition) is 5. The van der Waals surface area contributed by atoms with Crippen LogP contribution in [0.15, 0.2) is 12.2 Å². The molecule has 0 aromatic rings. The van der Waals surface area contributed by atoms with Crippen molar-refractivity contribution in [2.45, 2.75) is 13.0 Å². The Labute approximate surface area is 106 Å². The summed E-state index contributed by atoms with van der Waals surface area (Å²) < 4.78 is 9.12. The van der Waals surface area contributed by atoms with Crippen LogP contribution in [0.1, 0.15) is 6.92 Å². The van der Waals surface area contributed by atoms with Gasteiger partial charge >= 0.3 is 18.0 Å². The summed E-state index contributed by atoms with van der Waals surface area (Å²) in [7, 11) is 4.41. The highest BCUT2D eigenvalue weighted by atomic mass is 16.5. The maximum absolute atomic E-state index is 11.3. The average Bonchev–Trinajstić information content (AvgIpc) is 2.32. The zero-order valence-electron chi connectivity index (χ0n) is 10.9. The van der Waals surface area contributed by atoms with Crippen molar-refractivity contribution in [3.8, 4) is 0 Å². The average molecular weight is 258 g/mol. The highest BCUT2D eigenvalue weighted by Gasteiger charge is 2.10. The number of carbonyl (C=O) groups is 3. The number of carbonyl (C=O) groups excluding carboxylic acids is 3. The summed E-state index contributed by atoms with van der Waals surface area (Å²) in [6.45, 7) is 1.71. The molecule has 0 spiro atoms. The second-order valence-corrected chi connectivity index (χ2v) is 3.73. The maximum atomic E-state index is 11.3. The Bertz CT molecular complexity index is 338. The first-order chi connectivity index (χ1) is 8.36. The summed E-state index contributed by atoms with van der Waals surface area (Å²) in [4.78, 5) is 34.5. The van der Waals surface area contributed by atoms with Gasteiger partial charge in [-0.3, -0.25) is 0 Å². The van der Waals surface area contributed by atoms with Crippen molar-refractivity contribution in [3.63, 3.8) is 0 Å². The first-order valence-electron chi connectivity index (χ1n) is 5.27. The van der Waals surface area contributed by atoms with Gasteiger partial charge in [-0.25, -0.2) is 14.4 Å². The molecular formula is C11H18N2O5. The minimum absolute atomic E-state index is 0.0178. The minimum atomic E-state index is -0.675. The smallest absolute Gasteiger partial charge is 0.331 e. The molecule has 0 rings (SSSR count). The standard InChI is InChI=1S/C11H18N2O5/c1-8(12-11(16)13(2)3)7-18-10(15)6-5-9(14)17-4/h5-6,8H,7H2,1-4H3,(H,12,16)/b6-5+/t8-/m0/s1. The molecule has 0 unspecified atom stereocenters. The number of hydrogen-bond donors (Lipinski definition) is 1. The molecule has 0 fully saturated rings. The van der Waals surface area contributed by atoms with E-state index in [9.17, 15) is 14.4 Å². The van der Waals surface area contributed by atoms with E-state index < -0.39 is 11.9 Å². The van der Waals surface area contributed by atoms with Crippen LogP contribution in [0.4, 0.5) is 4.79 Å². The molecule has 0 aliphatic heterocycles. The summed E-state index contributed by atoms with van der Waals surface area (Å²) >= 11 is 0. The van der Waals surface area contributed by atoms with Gasteiger partial charge in [0.2, 0.25) is 0 Å². The van der Waals surface area contributed by atoms with Crippen LogP contribution >= 0.6 is 0 Å². The Kier molecular flexibility index (Phi) is 7.18. The Morgan fingerprint density at radius 2 is 1.78 bits per heavy atom. The molecule has 0 aromatic heterocycles. The van der Waals surface area contributed by atoms with Gasteiger partial charge in [-0.1, -0.05) is 0 Å². The van der Waals surface area contributed by atoms with Gasteiger partial charge in [-0.05, 0) is 6.92 Å². The Balaban J connectivity index is 3.95. The van der Waals surface area contributed by atoms with E-state index in [-0.39, 0.29) is 18.7 Å². The Hall–Kier alpha value is -2.05. The van der Waals surface area contributed by atoms with Crippen molar-refractivity contribution in [1.29, 1.82) is 0 Å². The van der Waals surface area contributed by atoms with Crippen molar-refractivity contribution < 1.29 is 23.9 Å². The van der Waals surface area contributed by atoms with E-state index in [4.69, 9.17) is 4.74 Å². The molecule has 18 heavy (non-hydrogen) atoms. The molecule has 0 radical (unpaired) electrons. The summed E-state index contributed by atoms with van der Waals surface area (Å²) in [5.74, 6) is -1.31. The summed E-state index contributed by atoms with van der Waals surface area (Å²) in [6, 6.07) is -0.598.